The lowest BCUT2D eigenvalue weighted by Crippen LogP contribution is -2.34. The van der Waals surface area contributed by atoms with Crippen molar-refractivity contribution in [2.75, 3.05) is 29.6 Å². The highest BCUT2D eigenvalue weighted by molar-refractivity contribution is 7.91. The van der Waals surface area contributed by atoms with Gasteiger partial charge in [-0.05, 0) is 44.2 Å². The third kappa shape index (κ3) is 3.31. The summed E-state index contributed by atoms with van der Waals surface area (Å²) >= 11 is 0. The third-order valence-corrected chi connectivity index (χ3v) is 6.20. The topological polar surface area (TPSA) is 62.3 Å². The number of nitrogens with zero attached hydrogens (tertiary/aromatic N) is 2. The van der Waals surface area contributed by atoms with Gasteiger partial charge in [-0.3, -0.25) is 0 Å². The number of rotatable bonds is 4. The number of pyridine rings is 1. The summed E-state index contributed by atoms with van der Waals surface area (Å²) in [5.41, 5.74) is 0.915. The zero-order valence-electron chi connectivity index (χ0n) is 12.5. The highest BCUT2D eigenvalue weighted by Gasteiger charge is 2.34. The van der Waals surface area contributed by atoms with E-state index >= 15 is 0 Å². The van der Waals surface area contributed by atoms with E-state index in [0.717, 1.165) is 43.9 Å². The zero-order chi connectivity index (χ0) is 14.9. The van der Waals surface area contributed by atoms with Gasteiger partial charge in [-0.2, -0.15) is 0 Å². The van der Waals surface area contributed by atoms with Crippen LogP contribution in [0.4, 0.5) is 11.5 Å². The lowest BCUT2D eigenvalue weighted by atomic mass is 10.2. The van der Waals surface area contributed by atoms with E-state index in [1.54, 1.807) is 0 Å². The second-order valence-electron chi connectivity index (χ2n) is 6.15. The summed E-state index contributed by atoms with van der Waals surface area (Å²) in [5, 5.41) is 3.09. The highest BCUT2D eigenvalue weighted by Crippen LogP contribution is 2.28. The van der Waals surface area contributed by atoms with Gasteiger partial charge in [-0.25, -0.2) is 13.4 Å². The SMILES string of the molecule is CS(=O)(=O)C1CCCC1Nc1ccc(N2CCCC2)nc1. The van der Waals surface area contributed by atoms with Crippen LogP contribution < -0.4 is 10.2 Å². The van der Waals surface area contributed by atoms with Crippen LogP contribution in [-0.4, -0.2) is 44.0 Å². The zero-order valence-corrected chi connectivity index (χ0v) is 13.3. The first-order valence-electron chi connectivity index (χ1n) is 7.70. The van der Waals surface area contributed by atoms with Crippen LogP contribution in [0.5, 0.6) is 0 Å². The molecule has 1 N–H and O–H groups in total. The van der Waals surface area contributed by atoms with Crippen molar-refractivity contribution in [1.82, 2.24) is 4.98 Å². The van der Waals surface area contributed by atoms with E-state index < -0.39 is 9.84 Å². The summed E-state index contributed by atoms with van der Waals surface area (Å²) in [4.78, 5) is 6.79. The van der Waals surface area contributed by atoms with Gasteiger partial charge in [0.15, 0.2) is 9.84 Å². The lowest BCUT2D eigenvalue weighted by molar-refractivity contribution is 0.579. The molecule has 1 saturated heterocycles. The predicted octanol–water partition coefficient (Wildman–Crippen LogP) is 2.06. The van der Waals surface area contributed by atoms with E-state index in [1.165, 1.54) is 19.1 Å². The fourth-order valence-corrected chi connectivity index (χ4v) is 4.82. The molecule has 0 spiro atoms. The summed E-state index contributed by atoms with van der Waals surface area (Å²) in [6.07, 6.45) is 8.27. The van der Waals surface area contributed by atoms with Crippen LogP contribution in [0.3, 0.4) is 0 Å². The minimum Gasteiger partial charge on any atom is -0.380 e. The molecule has 1 aromatic rings. The fourth-order valence-electron chi connectivity index (χ4n) is 3.42. The van der Waals surface area contributed by atoms with Gasteiger partial charge in [-0.15, -0.1) is 0 Å². The molecule has 6 heteroatoms. The Morgan fingerprint density at radius 1 is 1.19 bits per heavy atom. The van der Waals surface area contributed by atoms with E-state index in [4.69, 9.17) is 0 Å². The van der Waals surface area contributed by atoms with Gasteiger partial charge in [0.2, 0.25) is 0 Å². The van der Waals surface area contributed by atoms with Crippen LogP contribution in [0.1, 0.15) is 32.1 Å². The Hall–Kier alpha value is -1.30. The van der Waals surface area contributed by atoms with Crippen LogP contribution in [-0.2, 0) is 9.84 Å². The molecule has 21 heavy (non-hydrogen) atoms. The maximum atomic E-state index is 11.8. The van der Waals surface area contributed by atoms with Crippen molar-refractivity contribution in [3.63, 3.8) is 0 Å². The van der Waals surface area contributed by atoms with Crippen LogP contribution >= 0.6 is 0 Å². The molecule has 2 unspecified atom stereocenters. The Morgan fingerprint density at radius 3 is 2.57 bits per heavy atom. The van der Waals surface area contributed by atoms with Gasteiger partial charge in [-0.1, -0.05) is 0 Å². The first-order chi connectivity index (χ1) is 10.0. The molecular formula is C15H23N3O2S. The van der Waals surface area contributed by atoms with Gasteiger partial charge in [0, 0.05) is 25.4 Å². The molecule has 0 bridgehead atoms. The van der Waals surface area contributed by atoms with Crippen molar-refractivity contribution in [3.8, 4) is 0 Å². The maximum absolute atomic E-state index is 11.8. The molecule has 3 rings (SSSR count). The first kappa shape index (κ1) is 14.6. The monoisotopic (exact) mass is 309 g/mol. The molecule has 1 aliphatic heterocycles. The van der Waals surface area contributed by atoms with E-state index in [1.807, 2.05) is 18.3 Å². The molecule has 5 nitrogen and oxygen atoms in total. The minimum absolute atomic E-state index is 0.0134. The lowest BCUT2D eigenvalue weighted by Gasteiger charge is -2.21. The fraction of sp³-hybridized carbons (Fsp3) is 0.667. The van der Waals surface area contributed by atoms with Gasteiger partial charge in [0.1, 0.15) is 5.82 Å². The first-order valence-corrected chi connectivity index (χ1v) is 9.66. The smallest absolute Gasteiger partial charge is 0.152 e. The molecule has 2 aliphatic rings. The van der Waals surface area contributed by atoms with Crippen molar-refractivity contribution >= 4 is 21.3 Å². The Kier molecular flexibility index (Phi) is 4.06. The molecule has 1 saturated carbocycles. The molecule has 0 radical (unpaired) electrons. The molecule has 0 aromatic carbocycles. The van der Waals surface area contributed by atoms with Gasteiger partial charge >= 0.3 is 0 Å². The van der Waals surface area contributed by atoms with Crippen LogP contribution in [0, 0.1) is 0 Å². The number of aromatic nitrogens is 1. The normalized spacial score (nSPS) is 26.2. The Bertz CT molecular complexity index is 579. The Balaban J connectivity index is 1.67. The maximum Gasteiger partial charge on any atom is 0.152 e. The minimum atomic E-state index is -2.98. The van der Waals surface area contributed by atoms with E-state index in [2.05, 4.69) is 15.2 Å². The second-order valence-corrected chi connectivity index (χ2v) is 8.41. The molecule has 2 heterocycles. The largest absolute Gasteiger partial charge is 0.380 e. The van der Waals surface area contributed by atoms with Gasteiger partial charge in [0.25, 0.3) is 0 Å². The quantitative estimate of drug-likeness (QED) is 0.922. The summed E-state index contributed by atoms with van der Waals surface area (Å²) in [5.74, 6) is 1.02. The molecule has 2 fully saturated rings. The van der Waals surface area contributed by atoms with Gasteiger partial charge in [0.05, 0.1) is 17.1 Å². The average Bonchev–Trinajstić information content (AvgIpc) is 3.09. The summed E-state index contributed by atoms with van der Waals surface area (Å²) < 4.78 is 23.6. The van der Waals surface area contributed by atoms with E-state index in [-0.39, 0.29) is 11.3 Å². The van der Waals surface area contributed by atoms with Crippen molar-refractivity contribution in [2.24, 2.45) is 0 Å². The average molecular weight is 309 g/mol. The van der Waals surface area contributed by atoms with Crippen LogP contribution in [0.15, 0.2) is 18.3 Å². The standard InChI is InChI=1S/C15H23N3O2S/c1-21(19,20)14-6-4-5-13(14)17-12-7-8-15(16-11-12)18-9-2-3-10-18/h7-8,11,13-14,17H,2-6,9-10H2,1H3. The number of anilines is 2. The van der Waals surface area contributed by atoms with Crippen molar-refractivity contribution in [3.05, 3.63) is 18.3 Å². The molecule has 1 aromatic heterocycles. The second kappa shape index (κ2) is 5.83. The number of hydrogen-bond acceptors (Lipinski definition) is 5. The van der Waals surface area contributed by atoms with Crippen LogP contribution in [0.2, 0.25) is 0 Å². The molecule has 1 aliphatic carbocycles. The highest BCUT2D eigenvalue weighted by atomic mass is 32.2. The number of hydrogen-bond donors (Lipinski definition) is 1. The summed E-state index contributed by atoms with van der Waals surface area (Å²) in [7, 11) is -2.98. The molecule has 0 amide bonds. The molecule has 116 valence electrons. The number of nitrogens with one attached hydrogen (secondary N) is 1. The number of sulfone groups is 1. The van der Waals surface area contributed by atoms with Crippen molar-refractivity contribution < 1.29 is 8.42 Å². The van der Waals surface area contributed by atoms with Crippen molar-refractivity contribution in [2.45, 2.75) is 43.4 Å². The Labute approximate surface area is 126 Å². The van der Waals surface area contributed by atoms with E-state index in [9.17, 15) is 8.42 Å². The third-order valence-electron chi connectivity index (χ3n) is 4.53. The van der Waals surface area contributed by atoms with E-state index in [0.29, 0.717) is 0 Å². The van der Waals surface area contributed by atoms with Crippen LogP contribution in [0.25, 0.3) is 0 Å². The summed E-state index contributed by atoms with van der Waals surface area (Å²) in [6.45, 7) is 2.16. The molecule has 2 atom stereocenters. The summed E-state index contributed by atoms with van der Waals surface area (Å²) in [6, 6.07) is 4.05. The van der Waals surface area contributed by atoms with Crippen molar-refractivity contribution in [1.29, 1.82) is 0 Å². The molecular weight excluding hydrogens is 286 g/mol. The Morgan fingerprint density at radius 2 is 1.95 bits per heavy atom. The predicted molar refractivity (Wildman–Crippen MR) is 85.6 cm³/mol. The van der Waals surface area contributed by atoms with Gasteiger partial charge < -0.3 is 10.2 Å².